The highest BCUT2D eigenvalue weighted by Gasteiger charge is 2.16. The highest BCUT2D eigenvalue weighted by molar-refractivity contribution is 6.35. The van der Waals surface area contributed by atoms with Gasteiger partial charge in [-0.3, -0.25) is 0 Å². The first-order valence-corrected chi connectivity index (χ1v) is 4.60. The lowest BCUT2D eigenvalue weighted by molar-refractivity contribution is 0.0594. The van der Waals surface area contributed by atoms with Crippen LogP contribution in [0.4, 0.5) is 5.69 Å². The number of esters is 1. The molecular weight excluding hydrogens is 227 g/mol. The fourth-order valence-corrected chi connectivity index (χ4v) is 1.22. The molecule has 0 spiro atoms. The summed E-state index contributed by atoms with van der Waals surface area (Å²) in [6.07, 6.45) is 0. The molecule has 76 valence electrons. The minimum Gasteiger partial charge on any atom is -0.464 e. The Labute approximate surface area is 91.0 Å². The van der Waals surface area contributed by atoms with Crippen LogP contribution < -0.4 is 5.73 Å². The van der Waals surface area contributed by atoms with Gasteiger partial charge in [0, 0.05) is 0 Å². The van der Waals surface area contributed by atoms with Gasteiger partial charge in [-0.2, -0.15) is 0 Å². The first-order chi connectivity index (χ1) is 6.60. The smallest absolute Gasteiger partial charge is 0.358 e. The quantitative estimate of drug-likeness (QED) is 0.627. The highest BCUT2D eigenvalue weighted by atomic mass is 35.5. The lowest BCUT2D eigenvalue weighted by Crippen LogP contribution is -2.08. The Morgan fingerprint density at radius 2 is 2.36 bits per heavy atom. The number of methoxy groups -OCH3 is 1. The van der Waals surface area contributed by atoms with E-state index in [2.05, 4.69) is 9.72 Å². The first kappa shape index (κ1) is 11.1. The number of halogens is 2. The fraction of sp³-hybridized carbons (Fsp3) is 0.250. The molecule has 14 heavy (non-hydrogen) atoms. The van der Waals surface area contributed by atoms with Gasteiger partial charge in [0.15, 0.2) is 5.69 Å². The molecule has 1 rings (SSSR count). The zero-order chi connectivity index (χ0) is 10.7. The molecule has 6 heteroatoms. The van der Waals surface area contributed by atoms with E-state index in [0.29, 0.717) is 5.69 Å². The number of hydrogen-bond acceptors (Lipinski definition) is 4. The van der Waals surface area contributed by atoms with Crippen LogP contribution in [0.25, 0.3) is 0 Å². The Balaban J connectivity index is 3.27. The van der Waals surface area contributed by atoms with Crippen LogP contribution in [0.2, 0.25) is 5.02 Å². The molecule has 4 nitrogen and oxygen atoms in total. The number of pyridine rings is 1. The van der Waals surface area contributed by atoms with E-state index >= 15 is 0 Å². The van der Waals surface area contributed by atoms with E-state index in [1.807, 2.05) is 0 Å². The van der Waals surface area contributed by atoms with E-state index in [-0.39, 0.29) is 22.3 Å². The number of aromatic nitrogens is 1. The molecule has 0 unspecified atom stereocenters. The minimum absolute atomic E-state index is 0.00943. The van der Waals surface area contributed by atoms with Crippen LogP contribution in [-0.4, -0.2) is 18.1 Å². The number of carbonyl (C=O) groups is 1. The van der Waals surface area contributed by atoms with Crippen molar-refractivity contribution in [3.05, 3.63) is 22.5 Å². The van der Waals surface area contributed by atoms with Crippen LogP contribution in [0.15, 0.2) is 6.07 Å². The second-order valence-corrected chi connectivity index (χ2v) is 3.14. The summed E-state index contributed by atoms with van der Waals surface area (Å²) in [4.78, 5) is 15.1. The van der Waals surface area contributed by atoms with E-state index in [1.54, 1.807) is 0 Å². The average Bonchev–Trinajstić information content (AvgIpc) is 2.20. The third-order valence-electron chi connectivity index (χ3n) is 1.55. The third-order valence-corrected chi connectivity index (χ3v) is 2.23. The predicted octanol–water partition coefficient (Wildman–Crippen LogP) is 1.84. The minimum atomic E-state index is -0.631. The number of ether oxygens (including phenoxy) is 1. The second kappa shape index (κ2) is 4.48. The summed E-state index contributed by atoms with van der Waals surface area (Å²) in [7, 11) is 1.24. The van der Waals surface area contributed by atoms with Gasteiger partial charge in [-0.25, -0.2) is 9.78 Å². The normalized spacial score (nSPS) is 9.93. The van der Waals surface area contributed by atoms with E-state index in [0.717, 1.165) is 0 Å². The third kappa shape index (κ3) is 2.08. The molecule has 1 aromatic rings. The lowest BCUT2D eigenvalue weighted by Gasteiger charge is -2.05. The molecule has 1 heterocycles. The first-order valence-electron chi connectivity index (χ1n) is 3.69. The summed E-state index contributed by atoms with van der Waals surface area (Å²) in [6.45, 7) is 0. The van der Waals surface area contributed by atoms with Gasteiger partial charge in [-0.05, 0) is 6.07 Å². The maximum atomic E-state index is 11.2. The SMILES string of the molecule is COC(=O)c1nc(CCl)cc(N)c1Cl. The average molecular weight is 235 g/mol. The topological polar surface area (TPSA) is 65.2 Å². The Morgan fingerprint density at radius 1 is 1.71 bits per heavy atom. The number of hydrogen-bond donors (Lipinski definition) is 1. The van der Waals surface area contributed by atoms with Gasteiger partial charge >= 0.3 is 5.97 Å². The molecule has 0 aromatic carbocycles. The van der Waals surface area contributed by atoms with Crippen LogP contribution >= 0.6 is 23.2 Å². The molecule has 0 fully saturated rings. The van der Waals surface area contributed by atoms with Gasteiger partial charge in [-0.1, -0.05) is 11.6 Å². The van der Waals surface area contributed by atoms with Crippen LogP contribution in [-0.2, 0) is 10.6 Å². The van der Waals surface area contributed by atoms with Crippen molar-refractivity contribution >= 4 is 34.9 Å². The van der Waals surface area contributed by atoms with Crippen molar-refractivity contribution in [2.75, 3.05) is 12.8 Å². The Morgan fingerprint density at radius 3 is 2.86 bits per heavy atom. The maximum Gasteiger partial charge on any atom is 0.358 e. The molecule has 0 bridgehead atoms. The highest BCUT2D eigenvalue weighted by Crippen LogP contribution is 2.24. The van der Waals surface area contributed by atoms with Crippen LogP contribution in [0, 0.1) is 0 Å². The molecule has 0 atom stereocenters. The number of rotatable bonds is 2. The molecule has 0 amide bonds. The van der Waals surface area contributed by atoms with E-state index in [4.69, 9.17) is 28.9 Å². The Bertz CT molecular complexity index is 369. The van der Waals surface area contributed by atoms with Gasteiger partial charge in [0.2, 0.25) is 0 Å². The molecule has 0 radical (unpaired) electrons. The number of anilines is 1. The van der Waals surface area contributed by atoms with Crippen LogP contribution in [0.1, 0.15) is 16.2 Å². The zero-order valence-electron chi connectivity index (χ0n) is 7.38. The largest absolute Gasteiger partial charge is 0.464 e. The van der Waals surface area contributed by atoms with Crippen molar-refractivity contribution < 1.29 is 9.53 Å². The van der Waals surface area contributed by atoms with Crippen molar-refractivity contribution in [2.24, 2.45) is 0 Å². The number of nitrogens with zero attached hydrogens (tertiary/aromatic N) is 1. The van der Waals surface area contributed by atoms with Crippen LogP contribution in [0.5, 0.6) is 0 Å². The molecule has 0 aliphatic heterocycles. The number of alkyl halides is 1. The van der Waals surface area contributed by atoms with Crippen molar-refractivity contribution in [3.63, 3.8) is 0 Å². The van der Waals surface area contributed by atoms with E-state index < -0.39 is 5.97 Å². The monoisotopic (exact) mass is 234 g/mol. The predicted molar refractivity (Wildman–Crippen MR) is 54.6 cm³/mol. The fourth-order valence-electron chi connectivity index (χ4n) is 0.905. The summed E-state index contributed by atoms with van der Waals surface area (Å²) in [5.41, 5.74) is 6.28. The van der Waals surface area contributed by atoms with Gasteiger partial charge < -0.3 is 10.5 Å². The van der Waals surface area contributed by atoms with E-state index in [1.165, 1.54) is 13.2 Å². The molecule has 0 aliphatic rings. The Kier molecular flexibility index (Phi) is 3.55. The van der Waals surface area contributed by atoms with Gasteiger partial charge in [-0.15, -0.1) is 11.6 Å². The second-order valence-electron chi connectivity index (χ2n) is 2.49. The molecular formula is C8H8Cl2N2O2. The van der Waals surface area contributed by atoms with E-state index in [9.17, 15) is 4.79 Å². The maximum absolute atomic E-state index is 11.2. The summed E-state index contributed by atoms with van der Waals surface area (Å²) in [5, 5.41) is 0.0886. The van der Waals surface area contributed by atoms with Gasteiger partial charge in [0.05, 0.1) is 29.4 Å². The molecule has 0 saturated heterocycles. The molecule has 2 N–H and O–H groups in total. The number of nitrogen functional groups attached to an aromatic ring is 1. The Hall–Kier alpha value is -1.00. The van der Waals surface area contributed by atoms with Crippen LogP contribution in [0.3, 0.4) is 0 Å². The van der Waals surface area contributed by atoms with Gasteiger partial charge in [0.1, 0.15) is 0 Å². The lowest BCUT2D eigenvalue weighted by atomic mass is 10.2. The van der Waals surface area contributed by atoms with Crippen molar-refractivity contribution in [1.82, 2.24) is 4.98 Å². The summed E-state index contributed by atoms with van der Waals surface area (Å²) >= 11 is 11.3. The van der Waals surface area contributed by atoms with Crippen molar-refractivity contribution in [3.8, 4) is 0 Å². The molecule has 0 saturated carbocycles. The van der Waals surface area contributed by atoms with Crippen molar-refractivity contribution in [1.29, 1.82) is 0 Å². The molecule has 1 aromatic heterocycles. The summed E-state index contributed by atoms with van der Waals surface area (Å²) in [6, 6.07) is 1.52. The van der Waals surface area contributed by atoms with Crippen molar-refractivity contribution in [2.45, 2.75) is 5.88 Å². The van der Waals surface area contributed by atoms with Gasteiger partial charge in [0.25, 0.3) is 0 Å². The summed E-state index contributed by atoms with van der Waals surface area (Å²) < 4.78 is 4.49. The number of carbonyl (C=O) groups excluding carboxylic acids is 1. The zero-order valence-corrected chi connectivity index (χ0v) is 8.89. The molecule has 0 aliphatic carbocycles. The standard InChI is InChI=1S/C8H8Cl2N2O2/c1-14-8(13)7-6(10)5(11)2-4(3-9)12-7/h2H,3H2,1H3,(H2,11,12). The summed E-state index contributed by atoms with van der Waals surface area (Å²) in [5.74, 6) is -0.473. The number of nitrogens with two attached hydrogens (primary N) is 1.